The number of halogens is 1. The van der Waals surface area contributed by atoms with Gasteiger partial charge in [-0.15, -0.1) is 11.8 Å². The molecule has 1 atom stereocenters. The zero-order valence-electron chi connectivity index (χ0n) is 15.1. The number of benzene rings is 2. The van der Waals surface area contributed by atoms with Crippen LogP contribution in [0.4, 0.5) is 0 Å². The van der Waals surface area contributed by atoms with Gasteiger partial charge < -0.3 is 25.0 Å². The molecule has 0 saturated heterocycles. The summed E-state index contributed by atoms with van der Waals surface area (Å²) in [6.45, 7) is 1.96. The Balaban J connectivity index is 1.53. The predicted octanol–water partition coefficient (Wildman–Crippen LogP) is 3.76. The maximum atomic E-state index is 9.70. The molecule has 2 aliphatic rings. The number of hydrogen-bond donors (Lipinski definition) is 2. The Hall–Kier alpha value is -2.02. The van der Waals surface area contributed by atoms with Crippen LogP contribution in [0.25, 0.3) is 0 Å². The quantitative estimate of drug-likeness (QED) is 0.792. The van der Waals surface area contributed by atoms with E-state index in [-0.39, 0.29) is 5.50 Å². The molecular formula is C20H22ClN3O2S. The molecule has 1 unspecified atom stereocenters. The van der Waals surface area contributed by atoms with E-state index in [0.717, 1.165) is 28.7 Å². The maximum Gasteiger partial charge on any atom is 0.149 e. The number of nitrogens with one attached hydrogen (secondary N) is 1. The molecule has 0 saturated carbocycles. The second-order valence-electron chi connectivity index (χ2n) is 6.70. The zero-order chi connectivity index (χ0) is 18.8. The molecule has 0 bridgehead atoms. The topological polar surface area (TPSA) is 48.0 Å². The van der Waals surface area contributed by atoms with Crippen molar-refractivity contribution in [3.63, 3.8) is 0 Å². The van der Waals surface area contributed by atoms with Gasteiger partial charge in [-0.3, -0.25) is 0 Å². The summed E-state index contributed by atoms with van der Waals surface area (Å²) < 4.78 is 5.73. The lowest BCUT2D eigenvalue weighted by Crippen LogP contribution is -2.35. The molecule has 4 rings (SSSR count). The molecule has 2 aromatic carbocycles. The van der Waals surface area contributed by atoms with Crippen LogP contribution in [0.1, 0.15) is 11.1 Å². The Kier molecular flexibility index (Phi) is 5.38. The summed E-state index contributed by atoms with van der Waals surface area (Å²) in [5.41, 5.74) is 3.57. The SMILES string of the molecule is CN1COCC2=C1NC(SCc1cccc(O)c1)N2Cc1ccc(Cl)cc1. The first-order chi connectivity index (χ1) is 13.1. The minimum absolute atomic E-state index is 0.0946. The van der Waals surface area contributed by atoms with Gasteiger partial charge in [0.05, 0.1) is 12.3 Å². The lowest BCUT2D eigenvalue weighted by atomic mass is 10.2. The number of phenolic OH excluding ortho intramolecular Hbond substituents is 1. The van der Waals surface area contributed by atoms with Gasteiger partial charge in [-0.25, -0.2) is 0 Å². The summed E-state index contributed by atoms with van der Waals surface area (Å²) in [5, 5.41) is 14.1. The number of ether oxygens (including phenoxy) is 1. The lowest BCUT2D eigenvalue weighted by Gasteiger charge is -2.30. The summed E-state index contributed by atoms with van der Waals surface area (Å²) in [7, 11) is 2.03. The average molecular weight is 404 g/mol. The maximum absolute atomic E-state index is 9.70. The third kappa shape index (κ3) is 4.13. The minimum Gasteiger partial charge on any atom is -0.508 e. The summed E-state index contributed by atoms with van der Waals surface area (Å²) in [4.78, 5) is 4.45. The van der Waals surface area contributed by atoms with Crippen molar-refractivity contribution in [2.75, 3.05) is 20.4 Å². The number of thioether (sulfide) groups is 1. The van der Waals surface area contributed by atoms with E-state index in [1.807, 2.05) is 37.4 Å². The van der Waals surface area contributed by atoms with Crippen LogP contribution in [0.3, 0.4) is 0 Å². The largest absolute Gasteiger partial charge is 0.508 e. The summed E-state index contributed by atoms with van der Waals surface area (Å²) in [6.07, 6.45) is 0. The first kappa shape index (κ1) is 18.3. The van der Waals surface area contributed by atoms with Gasteiger partial charge in [0, 0.05) is 24.4 Å². The second kappa shape index (κ2) is 7.92. The molecule has 2 aliphatic heterocycles. The van der Waals surface area contributed by atoms with Gasteiger partial charge in [-0.05, 0) is 35.4 Å². The molecule has 0 fully saturated rings. The van der Waals surface area contributed by atoms with E-state index < -0.39 is 0 Å². The van der Waals surface area contributed by atoms with E-state index in [9.17, 15) is 5.11 Å². The lowest BCUT2D eigenvalue weighted by molar-refractivity contribution is 0.0434. The van der Waals surface area contributed by atoms with Gasteiger partial charge in [0.15, 0.2) is 0 Å². The first-order valence-corrected chi connectivity index (χ1v) is 10.2. The van der Waals surface area contributed by atoms with Crippen molar-refractivity contribution < 1.29 is 9.84 Å². The molecular weight excluding hydrogens is 382 g/mol. The smallest absolute Gasteiger partial charge is 0.149 e. The molecule has 142 valence electrons. The second-order valence-corrected chi connectivity index (χ2v) is 8.21. The van der Waals surface area contributed by atoms with Crippen molar-refractivity contribution in [1.82, 2.24) is 15.1 Å². The van der Waals surface area contributed by atoms with Crippen molar-refractivity contribution in [2.45, 2.75) is 17.8 Å². The highest BCUT2D eigenvalue weighted by atomic mass is 35.5. The Morgan fingerprint density at radius 1 is 1.22 bits per heavy atom. The molecule has 0 aliphatic carbocycles. The van der Waals surface area contributed by atoms with E-state index in [4.69, 9.17) is 16.3 Å². The molecule has 0 radical (unpaired) electrons. The minimum atomic E-state index is 0.0946. The van der Waals surface area contributed by atoms with Crippen molar-refractivity contribution in [3.05, 3.63) is 76.2 Å². The fourth-order valence-corrected chi connectivity index (χ4v) is 4.53. The van der Waals surface area contributed by atoms with E-state index in [0.29, 0.717) is 19.1 Å². The standard InChI is InChI=1S/C20H22ClN3O2S/c1-23-13-26-11-18-19(23)22-20(27-12-15-3-2-4-17(25)9-15)24(18)10-14-5-7-16(21)8-6-14/h2-9,20,22,25H,10-13H2,1H3. The van der Waals surface area contributed by atoms with Crippen LogP contribution in [0, 0.1) is 0 Å². The summed E-state index contributed by atoms with van der Waals surface area (Å²) >= 11 is 7.83. The van der Waals surface area contributed by atoms with Crippen LogP contribution < -0.4 is 5.32 Å². The van der Waals surface area contributed by atoms with Gasteiger partial charge >= 0.3 is 0 Å². The Labute approximate surface area is 168 Å². The first-order valence-electron chi connectivity index (χ1n) is 8.79. The van der Waals surface area contributed by atoms with Crippen molar-refractivity contribution in [1.29, 1.82) is 0 Å². The number of aromatic hydroxyl groups is 1. The normalized spacial score (nSPS) is 19.3. The number of hydrogen-bond acceptors (Lipinski definition) is 6. The number of nitrogens with zero attached hydrogens (tertiary/aromatic N) is 2. The van der Waals surface area contributed by atoms with Crippen LogP contribution in [0.15, 0.2) is 60.0 Å². The molecule has 5 nitrogen and oxygen atoms in total. The monoisotopic (exact) mass is 403 g/mol. The van der Waals surface area contributed by atoms with Crippen LogP contribution >= 0.6 is 23.4 Å². The fraction of sp³-hybridized carbons (Fsp3) is 0.300. The highest BCUT2D eigenvalue weighted by Crippen LogP contribution is 2.34. The highest BCUT2D eigenvalue weighted by Gasteiger charge is 2.35. The van der Waals surface area contributed by atoms with Crippen molar-refractivity contribution >= 4 is 23.4 Å². The molecule has 2 heterocycles. The Bertz CT molecular complexity index is 843. The van der Waals surface area contributed by atoms with Gasteiger partial charge in [0.25, 0.3) is 0 Å². The van der Waals surface area contributed by atoms with Crippen molar-refractivity contribution in [3.8, 4) is 5.75 Å². The fourth-order valence-electron chi connectivity index (χ4n) is 3.30. The number of phenols is 1. The van der Waals surface area contributed by atoms with Gasteiger partial charge in [0.2, 0.25) is 0 Å². The Morgan fingerprint density at radius 3 is 2.81 bits per heavy atom. The summed E-state index contributed by atoms with van der Waals surface area (Å²) in [5.74, 6) is 2.23. The van der Waals surface area contributed by atoms with Gasteiger partial charge in [-0.2, -0.15) is 0 Å². The zero-order valence-corrected chi connectivity index (χ0v) is 16.6. The van der Waals surface area contributed by atoms with E-state index in [1.165, 1.54) is 11.3 Å². The van der Waals surface area contributed by atoms with Crippen molar-refractivity contribution in [2.24, 2.45) is 0 Å². The molecule has 0 aromatic heterocycles. The average Bonchev–Trinajstić information content (AvgIpc) is 3.01. The summed E-state index contributed by atoms with van der Waals surface area (Å²) in [6, 6.07) is 15.4. The highest BCUT2D eigenvalue weighted by molar-refractivity contribution is 7.99. The van der Waals surface area contributed by atoms with E-state index >= 15 is 0 Å². The predicted molar refractivity (Wildman–Crippen MR) is 109 cm³/mol. The third-order valence-electron chi connectivity index (χ3n) is 4.65. The van der Waals surface area contributed by atoms with Crippen LogP contribution in [-0.4, -0.2) is 40.8 Å². The Morgan fingerprint density at radius 2 is 2.04 bits per heavy atom. The van der Waals surface area contributed by atoms with Gasteiger partial charge in [-0.1, -0.05) is 35.9 Å². The van der Waals surface area contributed by atoms with Crippen LogP contribution in [0.2, 0.25) is 5.02 Å². The molecule has 2 N–H and O–H groups in total. The van der Waals surface area contributed by atoms with Crippen LogP contribution in [-0.2, 0) is 17.0 Å². The van der Waals surface area contributed by atoms with E-state index in [1.54, 1.807) is 17.8 Å². The van der Waals surface area contributed by atoms with Crippen LogP contribution in [0.5, 0.6) is 5.75 Å². The molecule has 27 heavy (non-hydrogen) atoms. The molecule has 0 spiro atoms. The molecule has 7 heteroatoms. The molecule has 2 aromatic rings. The number of rotatable bonds is 5. The van der Waals surface area contributed by atoms with Gasteiger partial charge in [0.1, 0.15) is 23.8 Å². The third-order valence-corrected chi connectivity index (χ3v) is 6.09. The van der Waals surface area contributed by atoms with E-state index in [2.05, 4.69) is 27.2 Å². The molecule has 0 amide bonds.